The molecule has 2 atom stereocenters. The second-order valence-electron chi connectivity index (χ2n) is 8.41. The number of hydrogen-bond acceptors (Lipinski definition) is 7. The summed E-state index contributed by atoms with van der Waals surface area (Å²) in [4.78, 5) is 49.7. The van der Waals surface area contributed by atoms with Gasteiger partial charge in [0, 0.05) is 6.42 Å². The van der Waals surface area contributed by atoms with Gasteiger partial charge in [-0.2, -0.15) is 0 Å². The SMILES string of the molecule is CC(C)(C)C(=O)OCOC(=O)C1/C(=C(\C/C=C/c2ccccc2)C(=O)O)O[C@@H]2CC(=O)N12. The van der Waals surface area contributed by atoms with E-state index in [1.807, 2.05) is 30.3 Å². The number of esters is 2. The molecule has 9 heteroatoms. The third-order valence-electron chi connectivity index (χ3n) is 4.95. The number of ether oxygens (including phenoxy) is 3. The smallest absolute Gasteiger partial charge is 0.339 e. The predicted molar refractivity (Wildman–Crippen MR) is 111 cm³/mol. The molecule has 1 aromatic carbocycles. The molecule has 1 unspecified atom stereocenters. The van der Waals surface area contributed by atoms with Crippen LogP contribution in [0.5, 0.6) is 0 Å². The number of amides is 1. The summed E-state index contributed by atoms with van der Waals surface area (Å²) in [6.07, 6.45) is 2.67. The Bertz CT molecular complexity index is 973. The number of allylic oxidation sites excluding steroid dienone is 1. The van der Waals surface area contributed by atoms with E-state index in [-0.39, 0.29) is 30.1 Å². The van der Waals surface area contributed by atoms with E-state index in [1.165, 1.54) is 0 Å². The standard InChI is InChI=1S/C23H25NO8/c1-23(2,3)22(29)31-13-30-21(28)18-19(32-17-12-16(25)24(17)18)15(20(26)27)11-7-10-14-8-5-4-6-9-14/h4-10,17-18H,11-13H2,1-3H3,(H,26,27)/b10-7+,19-15-/t17-,18?/m1/s1. The minimum absolute atomic E-state index is 0.0307. The number of fused-ring (bicyclic) bond motifs is 1. The van der Waals surface area contributed by atoms with Gasteiger partial charge >= 0.3 is 17.9 Å². The molecule has 3 rings (SSSR count). The summed E-state index contributed by atoms with van der Waals surface area (Å²) >= 11 is 0. The van der Waals surface area contributed by atoms with Gasteiger partial charge < -0.3 is 19.3 Å². The first-order valence-corrected chi connectivity index (χ1v) is 10.1. The second-order valence-corrected chi connectivity index (χ2v) is 8.41. The van der Waals surface area contributed by atoms with Crippen molar-refractivity contribution in [2.75, 3.05) is 6.79 Å². The molecule has 1 N–H and O–H groups in total. The molecule has 2 saturated heterocycles. The fraction of sp³-hybridized carbons (Fsp3) is 0.391. The van der Waals surface area contributed by atoms with Crippen LogP contribution in [-0.2, 0) is 33.4 Å². The van der Waals surface area contributed by atoms with Crippen molar-refractivity contribution in [2.24, 2.45) is 5.41 Å². The first kappa shape index (κ1) is 23.1. The number of carboxylic acids is 1. The van der Waals surface area contributed by atoms with Crippen LogP contribution in [0.2, 0.25) is 0 Å². The lowest BCUT2D eigenvalue weighted by molar-refractivity contribution is -0.179. The first-order chi connectivity index (χ1) is 15.1. The van der Waals surface area contributed by atoms with Gasteiger partial charge in [-0.25, -0.2) is 9.59 Å². The Morgan fingerprint density at radius 1 is 1.19 bits per heavy atom. The molecule has 1 aromatic rings. The Morgan fingerprint density at radius 2 is 1.88 bits per heavy atom. The van der Waals surface area contributed by atoms with Gasteiger partial charge in [0.1, 0.15) is 5.76 Å². The van der Waals surface area contributed by atoms with E-state index in [0.717, 1.165) is 10.5 Å². The molecule has 2 aliphatic rings. The average molecular weight is 443 g/mol. The normalized spacial score (nSPS) is 21.5. The van der Waals surface area contributed by atoms with Crippen molar-refractivity contribution in [3.05, 3.63) is 53.3 Å². The molecule has 0 spiro atoms. The van der Waals surface area contributed by atoms with Crippen LogP contribution in [0, 0.1) is 5.41 Å². The molecule has 2 heterocycles. The number of hydrogen-bond donors (Lipinski definition) is 1. The number of nitrogens with zero attached hydrogens (tertiary/aromatic N) is 1. The van der Waals surface area contributed by atoms with Crippen molar-refractivity contribution in [2.45, 2.75) is 45.9 Å². The molecule has 2 fully saturated rings. The van der Waals surface area contributed by atoms with Gasteiger partial charge in [-0.05, 0) is 26.3 Å². The van der Waals surface area contributed by atoms with Crippen molar-refractivity contribution >= 4 is 29.9 Å². The van der Waals surface area contributed by atoms with Crippen LogP contribution in [0.25, 0.3) is 6.08 Å². The Hall–Kier alpha value is -3.62. The van der Waals surface area contributed by atoms with Gasteiger partial charge in [-0.3, -0.25) is 14.5 Å². The number of carboxylic acid groups (broad SMARTS) is 1. The summed E-state index contributed by atoms with van der Waals surface area (Å²) in [5.74, 6) is -3.27. The summed E-state index contributed by atoms with van der Waals surface area (Å²) in [7, 11) is 0. The van der Waals surface area contributed by atoms with Crippen LogP contribution in [-0.4, -0.2) is 52.9 Å². The number of aliphatic carboxylic acids is 1. The van der Waals surface area contributed by atoms with E-state index >= 15 is 0 Å². The van der Waals surface area contributed by atoms with Crippen LogP contribution in [0.15, 0.2) is 47.7 Å². The Labute approximate surface area is 185 Å². The largest absolute Gasteiger partial charge is 0.478 e. The maximum Gasteiger partial charge on any atom is 0.339 e. The average Bonchev–Trinajstić information content (AvgIpc) is 3.03. The number of carbonyl (C=O) groups excluding carboxylic acids is 3. The number of benzene rings is 1. The van der Waals surface area contributed by atoms with Gasteiger partial charge in [0.15, 0.2) is 12.3 Å². The highest BCUT2D eigenvalue weighted by Gasteiger charge is 2.55. The quantitative estimate of drug-likeness (QED) is 0.295. The van der Waals surface area contributed by atoms with Crippen molar-refractivity contribution in [3.63, 3.8) is 0 Å². The fourth-order valence-corrected chi connectivity index (χ4v) is 3.21. The predicted octanol–water partition coefficient (Wildman–Crippen LogP) is 2.48. The number of rotatable bonds is 7. The summed E-state index contributed by atoms with van der Waals surface area (Å²) in [5, 5.41) is 9.73. The topological polar surface area (TPSA) is 119 Å². The molecular formula is C23H25NO8. The molecule has 2 aliphatic heterocycles. The van der Waals surface area contributed by atoms with Crippen LogP contribution < -0.4 is 0 Å². The third-order valence-corrected chi connectivity index (χ3v) is 4.95. The second kappa shape index (κ2) is 9.25. The van der Waals surface area contributed by atoms with Crippen LogP contribution >= 0.6 is 0 Å². The van der Waals surface area contributed by atoms with Crippen molar-refractivity contribution in [3.8, 4) is 0 Å². The molecule has 1 amide bonds. The minimum atomic E-state index is -1.34. The number of carbonyl (C=O) groups is 4. The molecule has 0 aromatic heterocycles. The third kappa shape index (κ3) is 4.99. The van der Waals surface area contributed by atoms with E-state index in [9.17, 15) is 24.3 Å². The summed E-state index contributed by atoms with van der Waals surface area (Å²) < 4.78 is 15.6. The summed E-state index contributed by atoms with van der Waals surface area (Å²) in [6.45, 7) is 4.29. The Balaban J connectivity index is 1.78. The van der Waals surface area contributed by atoms with Gasteiger partial charge in [0.25, 0.3) is 0 Å². The van der Waals surface area contributed by atoms with Gasteiger partial charge in [0.05, 0.1) is 17.4 Å². The molecule has 0 radical (unpaired) electrons. The Morgan fingerprint density at radius 3 is 2.47 bits per heavy atom. The molecule has 0 bridgehead atoms. The molecule has 0 saturated carbocycles. The molecule has 0 aliphatic carbocycles. The molecular weight excluding hydrogens is 418 g/mol. The summed E-state index contributed by atoms with van der Waals surface area (Å²) in [5.41, 5.74) is -0.0631. The van der Waals surface area contributed by atoms with Crippen molar-refractivity contribution in [1.82, 2.24) is 4.90 Å². The van der Waals surface area contributed by atoms with Gasteiger partial charge in [-0.1, -0.05) is 42.5 Å². The lowest BCUT2D eigenvalue weighted by atomic mass is 9.98. The highest BCUT2D eigenvalue weighted by atomic mass is 16.7. The lowest BCUT2D eigenvalue weighted by Crippen LogP contribution is -2.55. The zero-order valence-electron chi connectivity index (χ0n) is 18.1. The molecule has 9 nitrogen and oxygen atoms in total. The van der Waals surface area contributed by atoms with Gasteiger partial charge in [-0.15, -0.1) is 0 Å². The zero-order valence-corrected chi connectivity index (χ0v) is 18.1. The van der Waals surface area contributed by atoms with Crippen LogP contribution in [0.3, 0.4) is 0 Å². The maximum absolute atomic E-state index is 12.7. The fourth-order valence-electron chi connectivity index (χ4n) is 3.21. The van der Waals surface area contributed by atoms with E-state index in [0.29, 0.717) is 0 Å². The monoisotopic (exact) mass is 443 g/mol. The van der Waals surface area contributed by atoms with Crippen molar-refractivity contribution < 1.29 is 38.5 Å². The van der Waals surface area contributed by atoms with E-state index < -0.39 is 42.4 Å². The zero-order chi connectivity index (χ0) is 23.5. The van der Waals surface area contributed by atoms with Crippen molar-refractivity contribution in [1.29, 1.82) is 0 Å². The molecule has 32 heavy (non-hydrogen) atoms. The van der Waals surface area contributed by atoms with Gasteiger partial charge in [0.2, 0.25) is 12.7 Å². The molecule has 170 valence electrons. The van der Waals surface area contributed by atoms with E-state index in [1.54, 1.807) is 32.9 Å². The minimum Gasteiger partial charge on any atom is -0.478 e. The first-order valence-electron chi connectivity index (χ1n) is 10.1. The Kier molecular flexibility index (Phi) is 6.67. The maximum atomic E-state index is 12.7. The van der Waals surface area contributed by atoms with Crippen LogP contribution in [0.4, 0.5) is 0 Å². The van der Waals surface area contributed by atoms with E-state index in [4.69, 9.17) is 14.2 Å². The lowest BCUT2D eigenvalue weighted by Gasteiger charge is -2.33. The summed E-state index contributed by atoms with van der Waals surface area (Å²) in [6, 6.07) is 7.95. The highest BCUT2D eigenvalue weighted by Crippen LogP contribution is 2.39. The van der Waals surface area contributed by atoms with E-state index in [2.05, 4.69) is 0 Å². The van der Waals surface area contributed by atoms with Crippen LogP contribution in [0.1, 0.15) is 39.2 Å². The highest BCUT2D eigenvalue weighted by molar-refractivity contribution is 5.95. The number of β-lactam (4-membered cyclic amide) rings is 1.